The Balaban J connectivity index is 1.34. The molecule has 0 aliphatic carbocycles. The number of benzene rings is 1. The maximum atomic E-state index is 4.70. The maximum Gasteiger partial charge on any atom is 0.116 e. The predicted molar refractivity (Wildman–Crippen MR) is 156 cm³/mol. The molecule has 0 amide bonds. The first-order valence-electron chi connectivity index (χ1n) is 13.2. The van der Waals surface area contributed by atoms with Crippen LogP contribution in [0.5, 0.6) is 0 Å². The van der Waals surface area contributed by atoms with Gasteiger partial charge in [-0.15, -0.1) is 0 Å². The van der Waals surface area contributed by atoms with Gasteiger partial charge in [0, 0.05) is 54.4 Å². The molecule has 194 valence electrons. The Labute approximate surface area is 222 Å². The lowest BCUT2D eigenvalue weighted by Gasteiger charge is -2.34. The Morgan fingerprint density at radius 1 is 0.947 bits per heavy atom. The van der Waals surface area contributed by atoms with Crippen molar-refractivity contribution in [1.82, 2.24) is 30.0 Å². The molecule has 0 unspecified atom stereocenters. The van der Waals surface area contributed by atoms with Gasteiger partial charge in [-0.25, -0.2) is 0 Å². The average Bonchev–Trinajstić information content (AvgIpc) is 3.52. The van der Waals surface area contributed by atoms with Crippen molar-refractivity contribution in [2.45, 2.75) is 20.3 Å². The number of likely N-dealkylation sites (N-methyl/N-ethyl adjacent to an activating group) is 1. The van der Waals surface area contributed by atoms with E-state index in [9.17, 15) is 0 Å². The Morgan fingerprint density at radius 2 is 1.76 bits per heavy atom. The fraction of sp³-hybridized carbons (Fsp3) is 0.300. The third-order valence-corrected chi connectivity index (χ3v) is 7.23. The largest absolute Gasteiger partial charge is 0.367 e. The molecule has 38 heavy (non-hydrogen) atoms. The van der Waals surface area contributed by atoms with Gasteiger partial charge >= 0.3 is 0 Å². The first-order chi connectivity index (χ1) is 18.4. The van der Waals surface area contributed by atoms with Crippen LogP contribution in [0.25, 0.3) is 44.3 Å². The van der Waals surface area contributed by atoms with Gasteiger partial charge in [0.25, 0.3) is 0 Å². The van der Waals surface area contributed by atoms with Gasteiger partial charge in [0.15, 0.2) is 0 Å². The summed E-state index contributed by atoms with van der Waals surface area (Å²) in [6.45, 7) is 12.7. The van der Waals surface area contributed by atoms with Gasteiger partial charge in [0.05, 0.1) is 46.7 Å². The number of hydrogen-bond donors (Lipinski definition) is 3. The molecule has 5 aromatic rings. The third kappa shape index (κ3) is 4.75. The Hall–Kier alpha value is -4.17. The molecule has 0 bridgehead atoms. The summed E-state index contributed by atoms with van der Waals surface area (Å²) in [5.41, 5.74) is 9.13. The van der Waals surface area contributed by atoms with Gasteiger partial charge in [-0.3, -0.25) is 15.1 Å². The Kier molecular flexibility index (Phi) is 6.33. The highest BCUT2D eigenvalue weighted by Crippen LogP contribution is 2.35. The van der Waals surface area contributed by atoms with Gasteiger partial charge < -0.3 is 20.1 Å². The van der Waals surface area contributed by atoms with E-state index in [1.165, 1.54) is 11.1 Å². The minimum Gasteiger partial charge on any atom is -0.367 e. The van der Waals surface area contributed by atoms with Crippen LogP contribution in [0.1, 0.15) is 20.3 Å². The van der Waals surface area contributed by atoms with Crippen LogP contribution in [-0.4, -0.2) is 63.3 Å². The number of nitrogens with one attached hydrogen (secondary N) is 3. The third-order valence-electron chi connectivity index (χ3n) is 7.23. The first-order valence-corrected chi connectivity index (χ1v) is 13.2. The van der Waals surface area contributed by atoms with Crippen molar-refractivity contribution >= 4 is 33.2 Å². The van der Waals surface area contributed by atoms with E-state index in [1.54, 1.807) is 0 Å². The number of piperazine rings is 1. The standard InChI is InChI=1S/C30H34N8/c1-19(2)11-20(3)33-23-12-22(15-31-16-23)21-5-6-26-25(13-21)30(36-35-26)27-14-24-28(34-27)17-32-18-29(24)38-9-7-37(4)8-10-38/h5-6,12-19,33-34H,3,7-11H2,1-2,4H3,(H,35,36). The smallest absolute Gasteiger partial charge is 0.116 e. The molecule has 4 aromatic heterocycles. The molecule has 6 rings (SSSR count). The van der Waals surface area contributed by atoms with Crippen molar-refractivity contribution in [3.05, 3.63) is 67.4 Å². The normalized spacial score (nSPS) is 14.6. The van der Waals surface area contributed by atoms with Crippen molar-refractivity contribution in [1.29, 1.82) is 0 Å². The number of fused-ring (bicyclic) bond motifs is 2. The fourth-order valence-corrected chi connectivity index (χ4v) is 5.28. The van der Waals surface area contributed by atoms with Crippen LogP contribution in [-0.2, 0) is 0 Å². The summed E-state index contributed by atoms with van der Waals surface area (Å²) in [6, 6.07) is 10.7. The molecule has 1 fully saturated rings. The highest BCUT2D eigenvalue weighted by atomic mass is 15.3. The van der Waals surface area contributed by atoms with Crippen LogP contribution in [0, 0.1) is 5.92 Å². The number of nitrogens with zero attached hydrogens (tertiary/aromatic N) is 5. The highest BCUT2D eigenvalue weighted by Gasteiger charge is 2.19. The summed E-state index contributed by atoms with van der Waals surface area (Å²) in [4.78, 5) is 17.4. The van der Waals surface area contributed by atoms with E-state index < -0.39 is 0 Å². The van der Waals surface area contributed by atoms with Gasteiger partial charge in [0.2, 0.25) is 0 Å². The molecule has 1 saturated heterocycles. The number of rotatable bonds is 7. The molecule has 8 nitrogen and oxygen atoms in total. The van der Waals surface area contributed by atoms with Crippen molar-refractivity contribution < 1.29 is 0 Å². The van der Waals surface area contributed by atoms with E-state index in [-0.39, 0.29) is 0 Å². The molecule has 0 atom stereocenters. The number of H-pyrrole nitrogens is 2. The van der Waals surface area contributed by atoms with E-state index >= 15 is 0 Å². The van der Waals surface area contributed by atoms with Crippen molar-refractivity contribution in [2.75, 3.05) is 43.4 Å². The lowest BCUT2D eigenvalue weighted by molar-refractivity contribution is 0.313. The molecular weight excluding hydrogens is 472 g/mol. The fourth-order valence-electron chi connectivity index (χ4n) is 5.28. The minimum atomic E-state index is 0.547. The Bertz CT molecular complexity index is 1600. The van der Waals surface area contributed by atoms with Gasteiger partial charge in [-0.2, -0.15) is 5.10 Å². The molecule has 3 N–H and O–H groups in total. The quantitative estimate of drug-likeness (QED) is 0.255. The predicted octanol–water partition coefficient (Wildman–Crippen LogP) is 5.89. The molecular formula is C30H34N8. The number of pyridine rings is 2. The molecule has 1 aliphatic heterocycles. The molecule has 8 heteroatoms. The van der Waals surface area contributed by atoms with E-state index in [4.69, 9.17) is 5.10 Å². The van der Waals surface area contributed by atoms with E-state index in [2.05, 4.69) is 93.0 Å². The first kappa shape index (κ1) is 24.2. The number of allylic oxidation sites excluding steroid dienone is 1. The lowest BCUT2D eigenvalue weighted by Crippen LogP contribution is -2.44. The van der Waals surface area contributed by atoms with Gasteiger partial charge in [-0.05, 0) is 49.2 Å². The topological polar surface area (TPSA) is 88.8 Å². The van der Waals surface area contributed by atoms with Crippen molar-refractivity contribution in [3.63, 3.8) is 0 Å². The molecule has 0 radical (unpaired) electrons. The second kappa shape index (κ2) is 9.95. The zero-order chi connectivity index (χ0) is 26.2. The molecule has 0 saturated carbocycles. The summed E-state index contributed by atoms with van der Waals surface area (Å²) in [5.74, 6) is 0.547. The maximum absolute atomic E-state index is 4.70. The summed E-state index contributed by atoms with van der Waals surface area (Å²) in [5, 5.41) is 13.6. The second-order valence-electron chi connectivity index (χ2n) is 10.7. The molecule has 1 aromatic carbocycles. The molecule has 0 spiro atoms. The van der Waals surface area contributed by atoms with E-state index in [0.29, 0.717) is 5.92 Å². The van der Waals surface area contributed by atoms with Crippen molar-refractivity contribution in [3.8, 4) is 22.5 Å². The van der Waals surface area contributed by atoms with Crippen molar-refractivity contribution in [2.24, 2.45) is 5.92 Å². The minimum absolute atomic E-state index is 0.547. The SMILES string of the molecule is C=C(CC(C)C)Nc1cncc(-c2ccc3[nH]nc(-c4cc5c(N6CCN(C)CC6)cncc5[nH]4)c3c2)c1. The summed E-state index contributed by atoms with van der Waals surface area (Å²) >= 11 is 0. The number of anilines is 2. The highest BCUT2D eigenvalue weighted by molar-refractivity contribution is 6.00. The summed E-state index contributed by atoms with van der Waals surface area (Å²) < 4.78 is 0. The summed E-state index contributed by atoms with van der Waals surface area (Å²) in [7, 11) is 2.17. The molecule has 5 heterocycles. The van der Waals surface area contributed by atoms with Crippen LogP contribution in [0.4, 0.5) is 11.4 Å². The van der Waals surface area contributed by atoms with E-state index in [0.717, 1.165) is 82.9 Å². The van der Waals surface area contributed by atoms with Gasteiger partial charge in [0.1, 0.15) is 5.69 Å². The van der Waals surface area contributed by atoms with Crippen LogP contribution >= 0.6 is 0 Å². The van der Waals surface area contributed by atoms with E-state index in [1.807, 2.05) is 24.8 Å². The monoisotopic (exact) mass is 506 g/mol. The number of hydrogen-bond acceptors (Lipinski definition) is 6. The molecule has 1 aliphatic rings. The number of aromatic nitrogens is 5. The average molecular weight is 507 g/mol. The van der Waals surface area contributed by atoms with Crippen LogP contribution < -0.4 is 10.2 Å². The Morgan fingerprint density at radius 3 is 2.58 bits per heavy atom. The van der Waals surface area contributed by atoms with Crippen LogP contribution in [0.15, 0.2) is 67.4 Å². The van der Waals surface area contributed by atoms with Crippen LogP contribution in [0.2, 0.25) is 0 Å². The van der Waals surface area contributed by atoms with Crippen LogP contribution in [0.3, 0.4) is 0 Å². The second-order valence-corrected chi connectivity index (χ2v) is 10.7. The summed E-state index contributed by atoms with van der Waals surface area (Å²) in [6.07, 6.45) is 8.54. The lowest BCUT2D eigenvalue weighted by atomic mass is 10.0. The zero-order valence-corrected chi connectivity index (χ0v) is 22.3. The van der Waals surface area contributed by atoms with Gasteiger partial charge in [-0.1, -0.05) is 26.5 Å². The number of aromatic amines is 2. The zero-order valence-electron chi connectivity index (χ0n) is 22.3.